The first-order chi connectivity index (χ1) is 10.2. The summed E-state index contributed by atoms with van der Waals surface area (Å²) >= 11 is 0. The fourth-order valence-corrected chi connectivity index (χ4v) is 1.45. The van der Waals surface area contributed by atoms with Gasteiger partial charge in [-0.1, -0.05) is 72.8 Å². The number of benzene rings is 3. The van der Waals surface area contributed by atoms with E-state index in [2.05, 4.69) is 18.2 Å². The van der Waals surface area contributed by atoms with E-state index in [9.17, 15) is 0 Å². The predicted molar refractivity (Wildman–Crippen MR) is 95.8 cm³/mol. The molecule has 3 aromatic carbocycles. The third-order valence-corrected chi connectivity index (χ3v) is 2.59. The maximum Gasteiger partial charge on any atom is 0 e. The zero-order chi connectivity index (χ0) is 15.3. The Morgan fingerprint density at radius 3 is 0.864 bits per heavy atom. The predicted octanol–water partition coefficient (Wildman–Crippen LogP) is 5.00. The van der Waals surface area contributed by atoms with Crippen LogP contribution in [0.3, 0.4) is 0 Å². The van der Waals surface area contributed by atoms with Crippen molar-refractivity contribution in [2.45, 2.75) is 20.8 Å². The Hall–Kier alpha value is -1.46. The first kappa shape index (κ1) is 20.5. The summed E-state index contributed by atoms with van der Waals surface area (Å²) in [6, 6.07) is 32.8. The van der Waals surface area contributed by atoms with Crippen LogP contribution in [0.1, 0.15) is 16.7 Å². The average molecular weight is 482 g/mol. The average Bonchev–Trinajstić information content (AvgIpc) is 2.51. The van der Waals surface area contributed by atoms with Crippen molar-refractivity contribution in [1.82, 2.24) is 0 Å². The van der Waals surface area contributed by atoms with Gasteiger partial charge in [0.15, 0.2) is 0 Å². The molecule has 0 bridgehead atoms. The van der Waals surface area contributed by atoms with Crippen LogP contribution in [0.25, 0.3) is 0 Å². The monoisotopic (exact) mass is 482 g/mol. The Labute approximate surface area is 154 Å². The maximum absolute atomic E-state index is 3.03. The zero-order valence-corrected chi connectivity index (χ0v) is 16.9. The first-order valence-corrected chi connectivity index (χ1v) is 6.98. The van der Waals surface area contributed by atoms with Crippen LogP contribution in [0, 0.1) is 39.0 Å². The van der Waals surface area contributed by atoms with E-state index in [1.807, 2.05) is 93.6 Å². The van der Waals surface area contributed by atoms with Gasteiger partial charge in [-0.05, 0) is 55.7 Å². The molecule has 110 valence electrons. The molecule has 0 saturated carbocycles. The molecule has 1 heteroatoms. The first-order valence-electron chi connectivity index (χ1n) is 6.98. The fourth-order valence-electron chi connectivity index (χ4n) is 1.45. The molecule has 0 aliphatic rings. The van der Waals surface area contributed by atoms with Gasteiger partial charge in [-0.15, -0.1) is 0 Å². The number of hydrogen-bond donors (Lipinski definition) is 0. The molecule has 0 unspecified atom stereocenters. The molecule has 0 aliphatic heterocycles. The van der Waals surface area contributed by atoms with Crippen molar-refractivity contribution in [3.8, 4) is 0 Å². The molecule has 0 heterocycles. The van der Waals surface area contributed by atoms with Gasteiger partial charge in [0.2, 0.25) is 0 Å². The van der Waals surface area contributed by atoms with Crippen LogP contribution >= 0.6 is 0 Å². The van der Waals surface area contributed by atoms with Gasteiger partial charge in [-0.3, -0.25) is 0 Å². The second-order valence-electron chi connectivity index (χ2n) is 4.64. The normalized spacial score (nSPS) is 8.32. The molecule has 0 nitrogen and oxygen atoms in total. The summed E-state index contributed by atoms with van der Waals surface area (Å²) in [5, 5.41) is 0. The summed E-state index contributed by atoms with van der Waals surface area (Å²) in [6.45, 7) is 6.08. The third-order valence-electron chi connectivity index (χ3n) is 2.59. The zero-order valence-electron chi connectivity index (χ0n) is 13.4. The molecule has 0 N–H and O–H groups in total. The molecule has 0 saturated heterocycles. The van der Waals surface area contributed by atoms with Gasteiger partial charge in [0, 0.05) is 26.2 Å². The van der Waals surface area contributed by atoms with E-state index < -0.39 is 0 Å². The van der Waals surface area contributed by atoms with Gasteiger partial charge >= 0.3 is 0 Å². The molecular formula is C21H21Bi. The van der Waals surface area contributed by atoms with Crippen LogP contribution in [-0.4, -0.2) is 26.2 Å². The fraction of sp³-hybridized carbons (Fsp3) is 0.143. The Morgan fingerprint density at radius 2 is 0.773 bits per heavy atom. The smallest absolute Gasteiger partial charge is 0 e. The molecule has 3 aromatic rings. The van der Waals surface area contributed by atoms with Gasteiger partial charge in [-0.2, -0.15) is 0 Å². The van der Waals surface area contributed by atoms with Crippen LogP contribution in [0.15, 0.2) is 72.8 Å². The summed E-state index contributed by atoms with van der Waals surface area (Å²) < 4.78 is 0. The number of rotatable bonds is 0. The third kappa shape index (κ3) is 11.2. The van der Waals surface area contributed by atoms with Gasteiger partial charge in [0.05, 0.1) is 0 Å². The summed E-state index contributed by atoms with van der Waals surface area (Å²) in [5.41, 5.74) is 3.59. The molecule has 6 radical (unpaired) electrons. The topological polar surface area (TPSA) is 0 Å². The van der Waals surface area contributed by atoms with E-state index in [4.69, 9.17) is 0 Å². The molecule has 0 fully saturated rings. The molecule has 0 atom stereocenters. The van der Waals surface area contributed by atoms with Crippen LogP contribution in [0.4, 0.5) is 0 Å². The van der Waals surface area contributed by atoms with Gasteiger partial charge in [0.1, 0.15) is 0 Å². The van der Waals surface area contributed by atoms with Gasteiger partial charge < -0.3 is 0 Å². The van der Waals surface area contributed by atoms with Crippen molar-refractivity contribution >= 4 is 26.2 Å². The second kappa shape index (κ2) is 13.2. The Bertz CT molecular complexity index is 485. The van der Waals surface area contributed by atoms with Crippen molar-refractivity contribution in [3.05, 3.63) is 108 Å². The minimum absolute atomic E-state index is 0. The van der Waals surface area contributed by atoms with Crippen molar-refractivity contribution < 1.29 is 0 Å². The molecule has 0 amide bonds. The van der Waals surface area contributed by atoms with Crippen LogP contribution in [-0.2, 0) is 0 Å². The largest absolute Gasteiger partial charge is 0.0620 e. The molecule has 22 heavy (non-hydrogen) atoms. The van der Waals surface area contributed by atoms with E-state index >= 15 is 0 Å². The van der Waals surface area contributed by atoms with Crippen LogP contribution < -0.4 is 0 Å². The van der Waals surface area contributed by atoms with Crippen LogP contribution in [0.5, 0.6) is 0 Å². The minimum Gasteiger partial charge on any atom is -0.0620 e. The molecule has 0 aromatic heterocycles. The van der Waals surface area contributed by atoms with E-state index in [1.165, 1.54) is 16.7 Å². The molecular weight excluding hydrogens is 461 g/mol. The van der Waals surface area contributed by atoms with Gasteiger partial charge in [-0.25, -0.2) is 0 Å². The van der Waals surface area contributed by atoms with E-state index in [1.54, 1.807) is 0 Å². The maximum atomic E-state index is 3.03. The van der Waals surface area contributed by atoms with E-state index in [0.29, 0.717) is 0 Å². The second-order valence-corrected chi connectivity index (χ2v) is 4.64. The summed E-state index contributed by atoms with van der Waals surface area (Å²) in [6.07, 6.45) is 0. The van der Waals surface area contributed by atoms with E-state index in [-0.39, 0.29) is 26.2 Å². The standard InChI is InChI=1S/3C7H7.Bi/c3*1-7-5-3-2-4-6-7;/h3*2-5H,1H3;. The number of hydrogen-bond acceptors (Lipinski definition) is 0. The Balaban J connectivity index is 0.000000294. The quantitative estimate of drug-likeness (QED) is 0.396. The summed E-state index contributed by atoms with van der Waals surface area (Å²) in [5.74, 6) is 0. The molecule has 0 spiro atoms. The Morgan fingerprint density at radius 1 is 0.500 bits per heavy atom. The van der Waals surface area contributed by atoms with Crippen LogP contribution in [0.2, 0.25) is 0 Å². The van der Waals surface area contributed by atoms with Gasteiger partial charge in [0.25, 0.3) is 0 Å². The summed E-state index contributed by atoms with van der Waals surface area (Å²) in [4.78, 5) is 0. The SMILES string of the molecule is Cc1[c]cccc1.Cc1[c]cccc1.Cc1[c]cccc1.[Bi]. The summed E-state index contributed by atoms with van der Waals surface area (Å²) in [7, 11) is 0. The van der Waals surface area contributed by atoms with E-state index in [0.717, 1.165) is 0 Å². The van der Waals surface area contributed by atoms with Crippen molar-refractivity contribution in [2.24, 2.45) is 0 Å². The van der Waals surface area contributed by atoms with Crippen molar-refractivity contribution in [2.75, 3.05) is 0 Å². The molecule has 0 aliphatic carbocycles. The number of aryl methyl sites for hydroxylation is 3. The van der Waals surface area contributed by atoms with Crippen molar-refractivity contribution in [3.63, 3.8) is 0 Å². The van der Waals surface area contributed by atoms with Crippen molar-refractivity contribution in [1.29, 1.82) is 0 Å². The molecule has 3 rings (SSSR count). The minimum atomic E-state index is 0. The Kier molecular flexibility index (Phi) is 12.3.